The highest BCUT2D eigenvalue weighted by Crippen LogP contribution is 2.33. The van der Waals surface area contributed by atoms with Crippen molar-refractivity contribution in [2.75, 3.05) is 0 Å². The second-order valence-electron chi connectivity index (χ2n) is 5.95. The van der Waals surface area contributed by atoms with Gasteiger partial charge >= 0.3 is 12.2 Å². The molecule has 144 valence electrons. The number of aromatic nitrogens is 4. The van der Waals surface area contributed by atoms with Crippen LogP contribution >= 0.6 is 11.6 Å². The fourth-order valence-electron chi connectivity index (χ4n) is 2.66. The molecule has 0 fully saturated rings. The normalized spacial score (nSPS) is 11.4. The Morgan fingerprint density at radius 1 is 1.18 bits per heavy atom. The Morgan fingerprint density at radius 3 is 2.54 bits per heavy atom. The Balaban J connectivity index is 2.06. The van der Waals surface area contributed by atoms with Crippen LogP contribution in [0.5, 0.6) is 11.8 Å². The van der Waals surface area contributed by atoms with E-state index in [1.807, 2.05) is 6.07 Å². The van der Waals surface area contributed by atoms with Crippen LogP contribution in [0.1, 0.15) is 29.9 Å². The van der Waals surface area contributed by atoms with Crippen LogP contribution in [-0.4, -0.2) is 26.1 Å². The monoisotopic (exact) mass is 407 g/mol. The number of nitriles is 1. The molecule has 2 aromatic heterocycles. The van der Waals surface area contributed by atoms with Gasteiger partial charge in [0.15, 0.2) is 0 Å². The standard InChI is InChI=1S/C18H13ClF3N5O/c1-10-26-13(3-2-4-18(20,21)22)16-14(27-10)5-11(7-23)6-15(16)28-17-24-8-12(19)9-25-17/h5-6,8-9H,2-4H2,1H3. The zero-order valence-electron chi connectivity index (χ0n) is 14.6. The number of rotatable bonds is 5. The highest BCUT2D eigenvalue weighted by Gasteiger charge is 2.26. The lowest BCUT2D eigenvalue weighted by atomic mass is 10.0. The molecule has 6 nitrogen and oxygen atoms in total. The predicted octanol–water partition coefficient (Wildman–Crippen LogP) is 4.93. The van der Waals surface area contributed by atoms with Crippen molar-refractivity contribution in [3.63, 3.8) is 0 Å². The van der Waals surface area contributed by atoms with Gasteiger partial charge in [-0.2, -0.15) is 18.4 Å². The molecule has 0 saturated heterocycles. The molecule has 0 saturated carbocycles. The first-order chi connectivity index (χ1) is 13.2. The summed E-state index contributed by atoms with van der Waals surface area (Å²) in [7, 11) is 0. The fourth-order valence-corrected chi connectivity index (χ4v) is 2.76. The first kappa shape index (κ1) is 19.8. The van der Waals surface area contributed by atoms with Crippen molar-refractivity contribution in [2.24, 2.45) is 0 Å². The number of hydrogen-bond donors (Lipinski definition) is 0. The van der Waals surface area contributed by atoms with Crippen molar-refractivity contribution in [3.05, 3.63) is 46.6 Å². The maximum atomic E-state index is 12.5. The maximum absolute atomic E-state index is 12.5. The van der Waals surface area contributed by atoms with E-state index in [9.17, 15) is 18.4 Å². The first-order valence-electron chi connectivity index (χ1n) is 8.18. The summed E-state index contributed by atoms with van der Waals surface area (Å²) >= 11 is 5.76. The highest BCUT2D eigenvalue weighted by molar-refractivity contribution is 6.30. The van der Waals surface area contributed by atoms with E-state index in [0.29, 0.717) is 27.4 Å². The molecule has 28 heavy (non-hydrogen) atoms. The topological polar surface area (TPSA) is 84.6 Å². The number of halogens is 4. The average molecular weight is 408 g/mol. The number of aryl methyl sites for hydroxylation is 2. The number of hydrogen-bond acceptors (Lipinski definition) is 6. The summed E-state index contributed by atoms with van der Waals surface area (Å²) in [5, 5.41) is 10.0. The quantitative estimate of drug-likeness (QED) is 0.596. The molecule has 3 aromatic rings. The molecule has 0 spiro atoms. The van der Waals surface area contributed by atoms with Crippen molar-refractivity contribution in [1.29, 1.82) is 5.26 Å². The molecule has 0 radical (unpaired) electrons. The summed E-state index contributed by atoms with van der Waals surface area (Å²) in [5.41, 5.74) is 1.08. The Morgan fingerprint density at radius 2 is 1.89 bits per heavy atom. The Kier molecular flexibility index (Phi) is 5.61. The third-order valence-electron chi connectivity index (χ3n) is 3.75. The van der Waals surface area contributed by atoms with Crippen LogP contribution in [0.25, 0.3) is 10.9 Å². The zero-order valence-corrected chi connectivity index (χ0v) is 15.3. The van der Waals surface area contributed by atoms with Gasteiger partial charge in [-0.05, 0) is 31.9 Å². The van der Waals surface area contributed by atoms with Crippen LogP contribution in [0.3, 0.4) is 0 Å². The number of benzene rings is 1. The van der Waals surface area contributed by atoms with Crippen molar-refractivity contribution in [3.8, 4) is 17.8 Å². The number of alkyl halides is 3. The van der Waals surface area contributed by atoms with E-state index in [0.717, 1.165) is 0 Å². The van der Waals surface area contributed by atoms with Crippen LogP contribution in [-0.2, 0) is 6.42 Å². The molecule has 1 aromatic carbocycles. The van der Waals surface area contributed by atoms with Crippen LogP contribution in [0.4, 0.5) is 13.2 Å². The Hall–Kier alpha value is -2.99. The van der Waals surface area contributed by atoms with Crippen LogP contribution in [0.15, 0.2) is 24.5 Å². The van der Waals surface area contributed by atoms with Crippen molar-refractivity contribution < 1.29 is 17.9 Å². The maximum Gasteiger partial charge on any atom is 0.389 e. The lowest BCUT2D eigenvalue weighted by Gasteiger charge is -2.13. The van der Waals surface area contributed by atoms with Gasteiger partial charge in [0.05, 0.1) is 45.6 Å². The molecule has 0 bridgehead atoms. The van der Waals surface area contributed by atoms with E-state index in [4.69, 9.17) is 16.3 Å². The molecule has 0 aliphatic heterocycles. The zero-order chi connectivity index (χ0) is 20.3. The lowest BCUT2D eigenvalue weighted by Crippen LogP contribution is -2.08. The molecule has 0 unspecified atom stereocenters. The third-order valence-corrected chi connectivity index (χ3v) is 3.94. The molecule has 3 rings (SSSR count). The van der Waals surface area contributed by atoms with Crippen molar-refractivity contribution in [2.45, 2.75) is 32.4 Å². The van der Waals surface area contributed by atoms with Gasteiger partial charge < -0.3 is 4.74 Å². The van der Waals surface area contributed by atoms with Crippen LogP contribution in [0.2, 0.25) is 5.02 Å². The molecular weight excluding hydrogens is 395 g/mol. The molecule has 0 aliphatic carbocycles. The molecule has 10 heteroatoms. The molecular formula is C18H13ClF3N5O. The number of ether oxygens (including phenoxy) is 1. The summed E-state index contributed by atoms with van der Waals surface area (Å²) in [4.78, 5) is 16.5. The number of fused-ring (bicyclic) bond motifs is 1. The van der Waals surface area contributed by atoms with Gasteiger partial charge in [-0.25, -0.2) is 19.9 Å². The molecule has 2 heterocycles. The number of nitrogens with zero attached hydrogens (tertiary/aromatic N) is 5. The SMILES string of the molecule is Cc1nc(CCCC(F)(F)F)c2c(Oc3ncc(Cl)cn3)cc(C#N)cc2n1. The molecule has 0 amide bonds. The van der Waals surface area contributed by atoms with Gasteiger partial charge in [0.25, 0.3) is 0 Å². The summed E-state index contributed by atoms with van der Waals surface area (Å²) in [5.74, 6) is 0.580. The molecule has 0 N–H and O–H groups in total. The molecule has 0 atom stereocenters. The second kappa shape index (κ2) is 7.94. The van der Waals surface area contributed by atoms with E-state index >= 15 is 0 Å². The van der Waals surface area contributed by atoms with Gasteiger partial charge in [-0.3, -0.25) is 0 Å². The van der Waals surface area contributed by atoms with Gasteiger partial charge in [0.1, 0.15) is 11.6 Å². The van der Waals surface area contributed by atoms with E-state index < -0.39 is 12.6 Å². The smallest absolute Gasteiger partial charge is 0.389 e. The van der Waals surface area contributed by atoms with Gasteiger partial charge in [-0.15, -0.1) is 0 Å². The lowest BCUT2D eigenvalue weighted by molar-refractivity contribution is -0.135. The van der Waals surface area contributed by atoms with E-state index in [-0.39, 0.29) is 30.2 Å². The predicted molar refractivity (Wildman–Crippen MR) is 95.1 cm³/mol. The highest BCUT2D eigenvalue weighted by atomic mass is 35.5. The summed E-state index contributed by atoms with van der Waals surface area (Å²) < 4.78 is 43.3. The van der Waals surface area contributed by atoms with Crippen molar-refractivity contribution >= 4 is 22.5 Å². The van der Waals surface area contributed by atoms with E-state index in [2.05, 4.69) is 19.9 Å². The minimum Gasteiger partial charge on any atom is -0.423 e. The first-order valence-corrected chi connectivity index (χ1v) is 8.56. The minimum atomic E-state index is -4.25. The summed E-state index contributed by atoms with van der Waals surface area (Å²) in [6.45, 7) is 1.63. The largest absolute Gasteiger partial charge is 0.423 e. The summed E-state index contributed by atoms with van der Waals surface area (Å²) in [6, 6.07) is 4.97. The van der Waals surface area contributed by atoms with Crippen LogP contribution < -0.4 is 4.74 Å². The van der Waals surface area contributed by atoms with Crippen LogP contribution in [0, 0.1) is 18.3 Å². The minimum absolute atomic E-state index is 0.0254. The second-order valence-corrected chi connectivity index (χ2v) is 6.39. The Bertz CT molecular complexity index is 1050. The van der Waals surface area contributed by atoms with Gasteiger partial charge in [-0.1, -0.05) is 11.6 Å². The third kappa shape index (κ3) is 4.84. The Labute approximate surface area is 163 Å². The van der Waals surface area contributed by atoms with Crippen molar-refractivity contribution in [1.82, 2.24) is 19.9 Å². The molecule has 0 aliphatic rings. The summed E-state index contributed by atoms with van der Waals surface area (Å²) in [6.07, 6.45) is -2.56. The van der Waals surface area contributed by atoms with Gasteiger partial charge in [0.2, 0.25) is 0 Å². The van der Waals surface area contributed by atoms with E-state index in [1.165, 1.54) is 24.5 Å². The fraction of sp³-hybridized carbons (Fsp3) is 0.278. The van der Waals surface area contributed by atoms with E-state index in [1.54, 1.807) is 6.92 Å². The van der Waals surface area contributed by atoms with Gasteiger partial charge in [0, 0.05) is 6.42 Å². The average Bonchev–Trinajstić information content (AvgIpc) is 2.61.